The maximum Gasteiger partial charge on any atom is 0.228 e. The summed E-state index contributed by atoms with van der Waals surface area (Å²) in [6, 6.07) is 10.3. The summed E-state index contributed by atoms with van der Waals surface area (Å²) in [6.45, 7) is 3.28. The fourth-order valence-corrected chi connectivity index (χ4v) is 4.05. The number of nitrogens with zero attached hydrogens (tertiary/aromatic N) is 5. The summed E-state index contributed by atoms with van der Waals surface area (Å²) in [7, 11) is 5.74. The predicted octanol–water partition coefficient (Wildman–Crippen LogP) is 2.71. The Morgan fingerprint density at radius 1 is 1.24 bits per heavy atom. The van der Waals surface area contributed by atoms with E-state index in [0.29, 0.717) is 5.95 Å². The first-order chi connectivity index (χ1) is 16.6. The molecule has 34 heavy (non-hydrogen) atoms. The molecule has 0 unspecified atom stereocenters. The minimum absolute atomic E-state index is 0.214. The van der Waals surface area contributed by atoms with Gasteiger partial charge in [-0.1, -0.05) is 30.3 Å². The quantitative estimate of drug-likeness (QED) is 0.243. The van der Waals surface area contributed by atoms with Crippen molar-refractivity contribution in [2.75, 3.05) is 45.7 Å². The van der Waals surface area contributed by atoms with Crippen LogP contribution in [0.15, 0.2) is 48.8 Å². The van der Waals surface area contributed by atoms with Crippen molar-refractivity contribution in [1.82, 2.24) is 30.0 Å². The number of nitrogens with one attached hydrogen (secondary N) is 3. The van der Waals surface area contributed by atoms with E-state index in [2.05, 4.69) is 39.7 Å². The van der Waals surface area contributed by atoms with Gasteiger partial charge in [-0.3, -0.25) is 10.1 Å². The van der Waals surface area contributed by atoms with Crippen LogP contribution in [0.3, 0.4) is 0 Å². The fraction of sp³-hybridized carbons (Fsp3) is 0.360. The lowest BCUT2D eigenvalue weighted by Crippen LogP contribution is -2.29. The van der Waals surface area contributed by atoms with Crippen molar-refractivity contribution in [2.24, 2.45) is 7.05 Å². The first kappa shape index (κ1) is 23.6. The standard InChI is InChI=1S/C25H32N8O/c1-32(15-16-34-3)14-13-27-12-11-21(26)29-25-28-17-19-9-10-20-22(23(19)30-25)24(33(2)31-20)18-7-5-4-6-8-18/h4-8,11-12,17,27H,9-10,13-16H2,1-3H3,(H2,26,28,29,30)/b12-11-. The van der Waals surface area contributed by atoms with Crippen molar-refractivity contribution in [3.05, 3.63) is 60.1 Å². The number of aryl methyl sites for hydroxylation is 3. The first-order valence-electron chi connectivity index (χ1n) is 11.5. The molecule has 178 valence electrons. The number of ether oxygens (including phenoxy) is 1. The van der Waals surface area contributed by atoms with Crippen LogP contribution >= 0.6 is 0 Å². The van der Waals surface area contributed by atoms with E-state index >= 15 is 0 Å². The molecule has 9 nitrogen and oxygen atoms in total. The van der Waals surface area contributed by atoms with Crippen LogP contribution < -0.4 is 10.6 Å². The van der Waals surface area contributed by atoms with Gasteiger partial charge in [-0.25, -0.2) is 9.97 Å². The van der Waals surface area contributed by atoms with Crippen LogP contribution in [0.5, 0.6) is 0 Å². The lowest BCUT2D eigenvalue weighted by molar-refractivity contribution is 0.162. The minimum atomic E-state index is 0.214. The monoisotopic (exact) mass is 460 g/mol. The second-order valence-electron chi connectivity index (χ2n) is 8.35. The number of rotatable bonds is 10. The second-order valence-corrected chi connectivity index (χ2v) is 8.35. The molecule has 4 rings (SSSR count). The molecule has 0 bridgehead atoms. The van der Waals surface area contributed by atoms with Gasteiger partial charge in [0.1, 0.15) is 5.84 Å². The smallest absolute Gasteiger partial charge is 0.228 e. The Bertz CT molecular complexity index is 1160. The van der Waals surface area contributed by atoms with E-state index in [9.17, 15) is 0 Å². The Morgan fingerprint density at radius 2 is 2.06 bits per heavy atom. The van der Waals surface area contributed by atoms with Gasteiger partial charge in [0.05, 0.1) is 23.7 Å². The summed E-state index contributed by atoms with van der Waals surface area (Å²) in [6.07, 6.45) is 7.02. The summed E-state index contributed by atoms with van der Waals surface area (Å²) in [5.41, 5.74) is 6.25. The van der Waals surface area contributed by atoms with E-state index in [1.165, 1.54) is 0 Å². The zero-order valence-corrected chi connectivity index (χ0v) is 20.0. The summed E-state index contributed by atoms with van der Waals surface area (Å²) < 4.78 is 7.02. The largest absolute Gasteiger partial charge is 0.389 e. The number of methoxy groups -OCH3 is 1. The first-order valence-corrected chi connectivity index (χ1v) is 11.5. The highest BCUT2D eigenvalue weighted by atomic mass is 16.5. The van der Waals surface area contributed by atoms with E-state index in [0.717, 1.165) is 72.9 Å². The second kappa shape index (κ2) is 11.0. The number of hydrogen-bond donors (Lipinski definition) is 3. The molecular formula is C25H32N8O. The minimum Gasteiger partial charge on any atom is -0.389 e. The predicted molar refractivity (Wildman–Crippen MR) is 135 cm³/mol. The molecule has 0 spiro atoms. The molecule has 1 aromatic carbocycles. The average molecular weight is 461 g/mol. The summed E-state index contributed by atoms with van der Waals surface area (Å²) in [4.78, 5) is 11.4. The highest BCUT2D eigenvalue weighted by Crippen LogP contribution is 2.39. The van der Waals surface area contributed by atoms with Gasteiger partial charge in [-0.05, 0) is 31.5 Å². The molecule has 9 heteroatoms. The Labute approximate surface area is 200 Å². The maximum atomic E-state index is 8.24. The van der Waals surface area contributed by atoms with E-state index in [-0.39, 0.29) is 5.84 Å². The molecule has 3 N–H and O–H groups in total. The Morgan fingerprint density at radius 3 is 2.85 bits per heavy atom. The van der Waals surface area contributed by atoms with Crippen molar-refractivity contribution >= 4 is 11.8 Å². The van der Waals surface area contributed by atoms with Gasteiger partial charge < -0.3 is 20.3 Å². The third-order valence-electron chi connectivity index (χ3n) is 5.83. The van der Waals surface area contributed by atoms with Crippen molar-refractivity contribution in [2.45, 2.75) is 12.8 Å². The van der Waals surface area contributed by atoms with Gasteiger partial charge >= 0.3 is 0 Å². The molecule has 2 heterocycles. The number of likely N-dealkylation sites (N-methyl/N-ethyl adjacent to an activating group) is 1. The molecule has 0 radical (unpaired) electrons. The van der Waals surface area contributed by atoms with E-state index < -0.39 is 0 Å². The van der Waals surface area contributed by atoms with Crippen LogP contribution in [0.1, 0.15) is 11.3 Å². The Kier molecular flexibility index (Phi) is 7.66. The number of hydrogen-bond acceptors (Lipinski definition) is 7. The van der Waals surface area contributed by atoms with Gasteiger partial charge in [0.2, 0.25) is 5.95 Å². The summed E-state index contributed by atoms with van der Waals surface area (Å²) in [5.74, 6) is 0.620. The molecule has 0 amide bonds. The molecule has 2 aromatic heterocycles. The van der Waals surface area contributed by atoms with Crippen LogP contribution in [-0.2, 0) is 24.6 Å². The fourth-order valence-electron chi connectivity index (χ4n) is 4.05. The number of amidine groups is 1. The van der Waals surface area contributed by atoms with Crippen LogP contribution in [0.2, 0.25) is 0 Å². The maximum absolute atomic E-state index is 8.24. The average Bonchev–Trinajstić information content (AvgIpc) is 3.19. The Hall–Kier alpha value is -3.56. The van der Waals surface area contributed by atoms with Crippen molar-refractivity contribution < 1.29 is 4.74 Å². The Balaban J connectivity index is 1.44. The van der Waals surface area contributed by atoms with Gasteiger partial charge in [0.15, 0.2) is 0 Å². The zero-order valence-electron chi connectivity index (χ0n) is 20.0. The van der Waals surface area contributed by atoms with E-state index in [1.54, 1.807) is 19.4 Å². The van der Waals surface area contributed by atoms with E-state index in [1.807, 2.05) is 36.1 Å². The van der Waals surface area contributed by atoms with Crippen LogP contribution in [0, 0.1) is 5.41 Å². The number of fused-ring (bicyclic) bond motifs is 3. The molecule has 1 aliphatic rings. The number of anilines is 1. The lowest BCUT2D eigenvalue weighted by atomic mass is 9.91. The van der Waals surface area contributed by atoms with Gasteiger partial charge in [-0.2, -0.15) is 5.10 Å². The van der Waals surface area contributed by atoms with Crippen LogP contribution in [0.25, 0.3) is 22.5 Å². The lowest BCUT2D eigenvalue weighted by Gasteiger charge is -2.17. The van der Waals surface area contributed by atoms with Crippen molar-refractivity contribution in [3.8, 4) is 22.5 Å². The number of benzene rings is 1. The SMILES string of the molecule is COCCN(C)CCN/C=C\C(=N)Nc1ncc2c(n1)-c1c(nn(C)c1-c1ccccc1)CC2. The molecule has 3 aromatic rings. The molecule has 0 saturated heterocycles. The van der Waals surface area contributed by atoms with Crippen LogP contribution in [0.4, 0.5) is 5.95 Å². The third-order valence-corrected chi connectivity index (χ3v) is 5.83. The van der Waals surface area contributed by atoms with E-state index in [4.69, 9.17) is 20.2 Å². The summed E-state index contributed by atoms with van der Waals surface area (Å²) in [5, 5.41) is 19.2. The molecular weight excluding hydrogens is 428 g/mol. The molecule has 0 fully saturated rings. The highest BCUT2D eigenvalue weighted by molar-refractivity contribution is 6.00. The van der Waals surface area contributed by atoms with Crippen molar-refractivity contribution in [1.29, 1.82) is 5.41 Å². The number of aromatic nitrogens is 4. The van der Waals surface area contributed by atoms with Crippen LogP contribution in [-0.4, -0.2) is 70.9 Å². The van der Waals surface area contributed by atoms with Gasteiger partial charge in [-0.15, -0.1) is 0 Å². The third kappa shape index (κ3) is 5.49. The molecule has 0 saturated carbocycles. The highest BCUT2D eigenvalue weighted by Gasteiger charge is 2.27. The van der Waals surface area contributed by atoms with Gasteiger partial charge in [0, 0.05) is 57.3 Å². The molecule has 0 aliphatic heterocycles. The zero-order chi connectivity index (χ0) is 23.9. The molecule has 1 aliphatic carbocycles. The molecule has 0 atom stereocenters. The normalized spacial score (nSPS) is 12.6. The van der Waals surface area contributed by atoms with Crippen molar-refractivity contribution in [3.63, 3.8) is 0 Å². The topological polar surface area (TPSA) is 104 Å². The van der Waals surface area contributed by atoms with Gasteiger partial charge in [0.25, 0.3) is 0 Å². The summed E-state index contributed by atoms with van der Waals surface area (Å²) >= 11 is 0.